The number of hydrogen-bond acceptors (Lipinski definition) is 12. The molecule has 0 N–H and O–H groups in total. The van der Waals surface area contributed by atoms with E-state index in [-0.39, 0.29) is 33.9 Å². The van der Waals surface area contributed by atoms with Gasteiger partial charge in [0.1, 0.15) is 17.2 Å². The Balaban J connectivity index is 1.77. The third-order valence-electron chi connectivity index (χ3n) is 4.66. The second-order valence-corrected chi connectivity index (χ2v) is 7.86. The van der Waals surface area contributed by atoms with E-state index in [9.17, 15) is 28.8 Å². The minimum atomic E-state index is -2.12. The Labute approximate surface area is 227 Å². The van der Waals surface area contributed by atoms with Crippen LogP contribution in [0.1, 0.15) is 51.8 Å². The third kappa shape index (κ3) is 8.80. The smallest absolute Gasteiger partial charge is 0.413 e. The van der Waals surface area contributed by atoms with Crippen LogP contribution in [0, 0.1) is 0 Å². The quantitative estimate of drug-likeness (QED) is 0.217. The van der Waals surface area contributed by atoms with Crippen LogP contribution in [-0.4, -0.2) is 42.3 Å². The van der Waals surface area contributed by atoms with E-state index >= 15 is 0 Å². The van der Waals surface area contributed by atoms with Crippen LogP contribution in [0.2, 0.25) is 0 Å². The summed E-state index contributed by atoms with van der Waals surface area (Å²) in [6.45, 7) is 1.51. The summed E-state index contributed by atoms with van der Waals surface area (Å²) < 4.78 is 30.1. The highest BCUT2D eigenvalue weighted by molar-refractivity contribution is 5.92. The van der Waals surface area contributed by atoms with Crippen LogP contribution in [0.4, 0.5) is 0 Å². The Hall–Kier alpha value is -5.52. The summed E-state index contributed by atoms with van der Waals surface area (Å²) in [5.41, 5.74) is -0.113. The summed E-state index contributed by atoms with van der Waals surface area (Å²) >= 11 is 0. The zero-order valence-corrected chi connectivity index (χ0v) is 21.4. The third-order valence-corrected chi connectivity index (χ3v) is 4.66. The maximum absolute atomic E-state index is 12.7. The summed E-state index contributed by atoms with van der Waals surface area (Å²) in [7, 11) is 0. The Bertz CT molecular complexity index is 1230. The molecule has 0 aliphatic carbocycles. The minimum Gasteiger partial charge on any atom is -0.427 e. The number of carbonyl (C=O) groups is 6. The van der Waals surface area contributed by atoms with Gasteiger partial charge in [0.2, 0.25) is 0 Å². The van der Waals surface area contributed by atoms with Gasteiger partial charge >= 0.3 is 42.3 Å². The average molecular weight is 550 g/mol. The lowest BCUT2D eigenvalue weighted by atomic mass is 10.2. The largest absolute Gasteiger partial charge is 0.427 e. The normalized spacial score (nSPS) is 10.2. The molecule has 3 aromatic carbocycles. The molecule has 12 heteroatoms. The first-order chi connectivity index (χ1) is 19.0. The van der Waals surface area contributed by atoms with Crippen molar-refractivity contribution in [1.82, 2.24) is 0 Å². The van der Waals surface area contributed by atoms with E-state index in [4.69, 9.17) is 28.4 Å². The van der Waals surface area contributed by atoms with E-state index in [0.29, 0.717) is 0 Å². The highest BCUT2D eigenvalue weighted by Crippen LogP contribution is 2.19. The number of ether oxygens (including phenoxy) is 6. The Morgan fingerprint density at radius 2 is 0.650 bits per heavy atom. The van der Waals surface area contributed by atoms with E-state index in [1.54, 1.807) is 0 Å². The second kappa shape index (κ2) is 13.3. The molecule has 0 saturated carbocycles. The van der Waals surface area contributed by atoms with Gasteiger partial charge in [0, 0.05) is 20.8 Å². The zero-order valence-electron chi connectivity index (χ0n) is 21.4. The van der Waals surface area contributed by atoms with Gasteiger partial charge in [-0.1, -0.05) is 0 Å². The molecule has 12 nitrogen and oxygen atoms in total. The molecule has 0 heterocycles. The first kappa shape index (κ1) is 29.0. The van der Waals surface area contributed by atoms with Gasteiger partial charge in [0.25, 0.3) is 0 Å². The van der Waals surface area contributed by atoms with E-state index < -0.39 is 42.3 Å². The fraction of sp³-hybridized carbons (Fsp3) is 0.143. The Morgan fingerprint density at radius 1 is 0.425 bits per heavy atom. The Morgan fingerprint density at radius 3 is 0.850 bits per heavy atom. The van der Waals surface area contributed by atoms with Gasteiger partial charge in [-0.15, -0.1) is 0 Å². The Kier molecular flexibility index (Phi) is 9.68. The molecule has 0 spiro atoms. The zero-order chi connectivity index (χ0) is 29.2. The van der Waals surface area contributed by atoms with Crippen molar-refractivity contribution in [2.24, 2.45) is 0 Å². The van der Waals surface area contributed by atoms with Crippen LogP contribution in [0.15, 0.2) is 72.8 Å². The summed E-state index contributed by atoms with van der Waals surface area (Å²) in [5, 5.41) is 0. The molecule has 0 aromatic heterocycles. The van der Waals surface area contributed by atoms with Crippen LogP contribution >= 0.6 is 0 Å². The van der Waals surface area contributed by atoms with Crippen LogP contribution in [-0.2, 0) is 28.6 Å². The number of esters is 6. The molecule has 3 rings (SSSR count). The molecular weight excluding hydrogens is 528 g/mol. The number of rotatable bonds is 9. The average Bonchev–Trinajstić information content (AvgIpc) is 2.88. The molecule has 3 aromatic rings. The van der Waals surface area contributed by atoms with Crippen molar-refractivity contribution in [3.05, 3.63) is 89.5 Å². The van der Waals surface area contributed by atoms with Gasteiger partial charge in [-0.3, -0.25) is 14.4 Å². The highest BCUT2D eigenvalue weighted by atomic mass is 16.9. The summed E-state index contributed by atoms with van der Waals surface area (Å²) in [6.07, 6.45) is 0. The fourth-order valence-corrected chi connectivity index (χ4v) is 3.01. The van der Waals surface area contributed by atoms with Crippen molar-refractivity contribution < 1.29 is 57.2 Å². The molecule has 0 atom stereocenters. The maximum atomic E-state index is 12.7. The maximum Gasteiger partial charge on any atom is 0.413 e. The summed E-state index contributed by atoms with van der Waals surface area (Å²) in [6, 6.07) is 15.7. The summed E-state index contributed by atoms with van der Waals surface area (Å²) in [5.74, 6) is -4.25. The standard InChI is InChI=1S/C28H22O12/c1-16(29)35-22-10-4-19(5-11-22)25(32)38-28(39-26(33)20-6-12-23(13-7-20)36-17(2)30)40-27(34)21-8-14-24(15-9-21)37-18(3)31/h4-15,28H,1-3H3. The van der Waals surface area contributed by atoms with Crippen molar-refractivity contribution in [3.63, 3.8) is 0 Å². The molecule has 0 unspecified atom stereocenters. The molecule has 40 heavy (non-hydrogen) atoms. The van der Waals surface area contributed by atoms with Gasteiger partial charge in [0.05, 0.1) is 16.7 Å². The summed E-state index contributed by atoms with van der Waals surface area (Å²) in [4.78, 5) is 71.4. The van der Waals surface area contributed by atoms with Gasteiger partial charge in [-0.05, 0) is 72.8 Å². The van der Waals surface area contributed by atoms with Crippen molar-refractivity contribution >= 4 is 35.8 Å². The van der Waals surface area contributed by atoms with Gasteiger partial charge in [-0.2, -0.15) is 0 Å². The molecule has 0 bridgehead atoms. The second-order valence-electron chi connectivity index (χ2n) is 7.86. The minimum absolute atomic E-state index is 0.0375. The molecule has 0 radical (unpaired) electrons. The highest BCUT2D eigenvalue weighted by Gasteiger charge is 2.26. The van der Waals surface area contributed by atoms with E-state index in [1.807, 2.05) is 0 Å². The van der Waals surface area contributed by atoms with Gasteiger partial charge in [-0.25, -0.2) is 14.4 Å². The molecule has 0 aliphatic heterocycles. The topological polar surface area (TPSA) is 158 Å². The molecule has 206 valence electrons. The van der Waals surface area contributed by atoms with Crippen molar-refractivity contribution in [3.8, 4) is 17.2 Å². The van der Waals surface area contributed by atoms with Crippen molar-refractivity contribution in [1.29, 1.82) is 0 Å². The lowest BCUT2D eigenvalue weighted by Gasteiger charge is -2.18. The molecular formula is C28H22O12. The van der Waals surface area contributed by atoms with E-state index in [1.165, 1.54) is 93.6 Å². The van der Waals surface area contributed by atoms with Crippen molar-refractivity contribution in [2.45, 2.75) is 27.2 Å². The van der Waals surface area contributed by atoms with E-state index in [2.05, 4.69) is 0 Å². The predicted octanol–water partition coefficient (Wildman–Crippen LogP) is 3.62. The number of hydrogen-bond donors (Lipinski definition) is 0. The van der Waals surface area contributed by atoms with Crippen LogP contribution < -0.4 is 14.2 Å². The predicted molar refractivity (Wildman–Crippen MR) is 133 cm³/mol. The monoisotopic (exact) mass is 550 g/mol. The number of benzene rings is 3. The number of carbonyl (C=O) groups excluding carboxylic acids is 6. The lowest BCUT2D eigenvalue weighted by molar-refractivity contribution is -0.202. The molecule has 0 fully saturated rings. The fourth-order valence-electron chi connectivity index (χ4n) is 3.01. The molecule has 0 aliphatic rings. The van der Waals surface area contributed by atoms with Crippen LogP contribution in [0.5, 0.6) is 17.2 Å². The lowest BCUT2D eigenvalue weighted by Crippen LogP contribution is -2.30. The van der Waals surface area contributed by atoms with Crippen LogP contribution in [0.25, 0.3) is 0 Å². The first-order valence-corrected chi connectivity index (χ1v) is 11.5. The van der Waals surface area contributed by atoms with Crippen LogP contribution in [0.3, 0.4) is 0 Å². The van der Waals surface area contributed by atoms with Gasteiger partial charge in [0.15, 0.2) is 0 Å². The van der Waals surface area contributed by atoms with E-state index in [0.717, 1.165) is 0 Å². The first-order valence-electron chi connectivity index (χ1n) is 11.5. The van der Waals surface area contributed by atoms with Crippen molar-refractivity contribution in [2.75, 3.05) is 0 Å². The SMILES string of the molecule is CC(=O)Oc1ccc(C(=O)OC(OC(=O)c2ccc(OC(C)=O)cc2)OC(=O)c2ccc(OC(C)=O)cc2)cc1. The van der Waals surface area contributed by atoms with Gasteiger partial charge < -0.3 is 28.4 Å². The molecule has 0 amide bonds. The molecule has 0 saturated heterocycles.